The van der Waals surface area contributed by atoms with Gasteiger partial charge in [0.05, 0.1) is 5.69 Å². The van der Waals surface area contributed by atoms with Crippen LogP contribution in [0.25, 0.3) is 5.69 Å². The minimum Gasteiger partial charge on any atom is -0.262 e. The maximum atomic E-state index is 4.76. The number of benzene rings is 2. The van der Waals surface area contributed by atoms with Crippen LogP contribution in [0.4, 0.5) is 0 Å². The van der Waals surface area contributed by atoms with Gasteiger partial charge >= 0.3 is 0 Å². The van der Waals surface area contributed by atoms with Crippen LogP contribution in [-0.4, -0.2) is 9.78 Å². The van der Waals surface area contributed by atoms with Crippen molar-refractivity contribution in [2.45, 2.75) is 20.3 Å². The quantitative estimate of drug-likeness (QED) is 0.551. The smallest absolute Gasteiger partial charge is 0.0703 e. The van der Waals surface area contributed by atoms with Crippen LogP contribution in [0.1, 0.15) is 22.5 Å². The van der Waals surface area contributed by atoms with Gasteiger partial charge in [-0.05, 0) is 30.7 Å². The molecule has 3 heteroatoms. The van der Waals surface area contributed by atoms with Gasteiger partial charge in [-0.15, -0.1) is 6.07 Å². The van der Waals surface area contributed by atoms with Gasteiger partial charge in [-0.2, -0.15) is 29.4 Å². The zero-order valence-corrected chi connectivity index (χ0v) is 14.5. The van der Waals surface area contributed by atoms with Crippen LogP contribution < -0.4 is 0 Å². The number of nitrogens with zero attached hydrogens (tertiary/aromatic N) is 2. The average molecular weight is 454 g/mol. The normalized spacial score (nSPS) is 10.2. The Hall–Kier alpha value is -1.70. The molecule has 0 fully saturated rings. The Labute approximate surface area is 139 Å². The van der Waals surface area contributed by atoms with Gasteiger partial charge in [-0.1, -0.05) is 30.3 Å². The first kappa shape index (κ1) is 15.7. The molecule has 2 nitrogen and oxygen atoms in total. The van der Waals surface area contributed by atoms with Gasteiger partial charge in [0, 0.05) is 32.2 Å². The van der Waals surface area contributed by atoms with Crippen molar-refractivity contribution in [1.29, 1.82) is 0 Å². The van der Waals surface area contributed by atoms with Crippen molar-refractivity contribution in [2.75, 3.05) is 0 Å². The third-order valence-electron chi connectivity index (χ3n) is 3.65. The summed E-state index contributed by atoms with van der Waals surface area (Å²) in [6.07, 6.45) is 0.868. The van der Waals surface area contributed by atoms with Crippen LogP contribution in [0.2, 0.25) is 0 Å². The summed E-state index contributed by atoms with van der Waals surface area (Å²) in [6, 6.07) is 21.6. The van der Waals surface area contributed by atoms with E-state index in [4.69, 9.17) is 5.10 Å². The minimum absolute atomic E-state index is 0. The number of hydrogen-bond acceptors (Lipinski definition) is 1. The molecule has 0 aliphatic carbocycles. The van der Waals surface area contributed by atoms with Crippen molar-refractivity contribution in [3.8, 4) is 5.69 Å². The van der Waals surface area contributed by atoms with E-state index >= 15 is 0 Å². The van der Waals surface area contributed by atoms with E-state index in [0.717, 1.165) is 17.8 Å². The molecular weight excluding hydrogens is 436 g/mol. The molecule has 1 heterocycles. The summed E-state index contributed by atoms with van der Waals surface area (Å²) in [5.41, 5.74) is 5.85. The van der Waals surface area contributed by atoms with Crippen molar-refractivity contribution >= 4 is 0 Å². The van der Waals surface area contributed by atoms with Gasteiger partial charge in [0.25, 0.3) is 0 Å². The monoisotopic (exact) mass is 454 g/mol. The number of hydrogen-bond donors (Lipinski definition) is 0. The van der Waals surface area contributed by atoms with E-state index in [9.17, 15) is 0 Å². The van der Waals surface area contributed by atoms with Crippen LogP contribution in [0, 0.1) is 19.9 Å². The van der Waals surface area contributed by atoms with E-state index in [-0.39, 0.29) is 20.1 Å². The van der Waals surface area contributed by atoms with E-state index in [1.54, 1.807) is 0 Å². The van der Waals surface area contributed by atoms with Gasteiger partial charge in [-0.3, -0.25) is 4.68 Å². The average Bonchev–Trinajstić information content (AvgIpc) is 2.78. The summed E-state index contributed by atoms with van der Waals surface area (Å²) in [7, 11) is 0. The second-order valence-electron chi connectivity index (χ2n) is 4.98. The van der Waals surface area contributed by atoms with Gasteiger partial charge < -0.3 is 0 Å². The number of aromatic nitrogens is 2. The van der Waals surface area contributed by atoms with Crippen molar-refractivity contribution in [3.63, 3.8) is 0 Å². The van der Waals surface area contributed by atoms with Crippen LogP contribution in [0.3, 0.4) is 0 Å². The first-order valence-electron chi connectivity index (χ1n) is 6.82. The fourth-order valence-corrected chi connectivity index (χ4v) is 2.35. The largest absolute Gasteiger partial charge is 0.262 e. The summed E-state index contributed by atoms with van der Waals surface area (Å²) < 4.78 is 1.98. The Morgan fingerprint density at radius 2 is 1.71 bits per heavy atom. The summed E-state index contributed by atoms with van der Waals surface area (Å²) in [5.74, 6) is 0. The zero-order valence-electron chi connectivity index (χ0n) is 12.1. The van der Waals surface area contributed by atoms with Crippen molar-refractivity contribution in [1.82, 2.24) is 9.78 Å². The SMILES string of the molecule is Cc1c(Cc2ccccc2)nn(-c2[c-]cccc2)c1C.[Ir]. The topological polar surface area (TPSA) is 17.8 Å². The van der Waals surface area contributed by atoms with E-state index in [2.05, 4.69) is 44.2 Å². The molecule has 0 amide bonds. The molecule has 0 saturated carbocycles. The Bertz CT molecular complexity index is 703. The first-order chi connectivity index (χ1) is 9.75. The Balaban J connectivity index is 0.00000161. The second-order valence-corrected chi connectivity index (χ2v) is 4.98. The Kier molecular flexibility index (Phi) is 5.11. The Morgan fingerprint density at radius 1 is 1.00 bits per heavy atom. The first-order valence-corrected chi connectivity index (χ1v) is 6.82. The molecule has 0 spiro atoms. The summed E-state index contributed by atoms with van der Waals surface area (Å²) >= 11 is 0. The number of para-hydroxylation sites is 1. The summed E-state index contributed by atoms with van der Waals surface area (Å²) in [5, 5.41) is 4.76. The third kappa shape index (κ3) is 3.31. The molecule has 0 aliphatic heterocycles. The van der Waals surface area contributed by atoms with E-state index in [1.807, 2.05) is 35.0 Å². The van der Waals surface area contributed by atoms with Gasteiger partial charge in [0.1, 0.15) is 0 Å². The summed E-state index contributed by atoms with van der Waals surface area (Å²) in [6.45, 7) is 4.25. The second kappa shape index (κ2) is 6.84. The van der Waals surface area contributed by atoms with Gasteiger partial charge in [0.15, 0.2) is 0 Å². The van der Waals surface area contributed by atoms with E-state index in [0.29, 0.717) is 0 Å². The molecule has 1 aromatic heterocycles. The molecule has 109 valence electrons. The van der Waals surface area contributed by atoms with E-state index < -0.39 is 0 Å². The molecule has 21 heavy (non-hydrogen) atoms. The predicted octanol–water partition coefficient (Wildman–Crippen LogP) is 3.88. The van der Waals surface area contributed by atoms with Gasteiger partial charge in [-0.25, -0.2) is 0 Å². The molecule has 0 N–H and O–H groups in total. The van der Waals surface area contributed by atoms with Crippen molar-refractivity contribution in [3.05, 3.63) is 83.2 Å². The van der Waals surface area contributed by atoms with Crippen LogP contribution in [0.15, 0.2) is 54.6 Å². The van der Waals surface area contributed by atoms with Gasteiger partial charge in [0.2, 0.25) is 0 Å². The number of rotatable bonds is 3. The molecule has 0 saturated heterocycles. The molecule has 0 atom stereocenters. The molecule has 3 rings (SSSR count). The maximum absolute atomic E-state index is 4.76. The zero-order chi connectivity index (χ0) is 13.9. The fourth-order valence-electron chi connectivity index (χ4n) is 2.35. The molecule has 0 unspecified atom stereocenters. The Morgan fingerprint density at radius 3 is 2.38 bits per heavy atom. The molecule has 2 aromatic carbocycles. The predicted molar refractivity (Wildman–Crippen MR) is 81.1 cm³/mol. The molecular formula is C18H17IrN2-. The van der Waals surface area contributed by atoms with Crippen molar-refractivity contribution in [2.24, 2.45) is 0 Å². The van der Waals surface area contributed by atoms with Crippen molar-refractivity contribution < 1.29 is 20.1 Å². The molecule has 1 radical (unpaired) electrons. The van der Waals surface area contributed by atoms with Crippen LogP contribution in [-0.2, 0) is 26.5 Å². The molecule has 0 bridgehead atoms. The fraction of sp³-hybridized carbons (Fsp3) is 0.167. The standard InChI is InChI=1S/C18H17N2.Ir/c1-14-15(2)20(17-11-7-4-8-12-17)19-18(14)13-16-9-5-3-6-10-16;/h3-11H,13H2,1-2H3;/q-1;. The minimum atomic E-state index is 0. The maximum Gasteiger partial charge on any atom is 0.0703 e. The van der Waals surface area contributed by atoms with Crippen LogP contribution >= 0.6 is 0 Å². The van der Waals surface area contributed by atoms with E-state index in [1.165, 1.54) is 16.8 Å². The summed E-state index contributed by atoms with van der Waals surface area (Å²) in [4.78, 5) is 0. The van der Waals surface area contributed by atoms with Crippen LogP contribution in [0.5, 0.6) is 0 Å². The molecule has 0 aliphatic rings. The third-order valence-corrected chi connectivity index (χ3v) is 3.65. The molecule has 3 aromatic rings.